The van der Waals surface area contributed by atoms with E-state index in [4.69, 9.17) is 28.4 Å². The molecule has 49 heavy (non-hydrogen) atoms. The Labute approximate surface area is 285 Å². The summed E-state index contributed by atoms with van der Waals surface area (Å²) in [6.07, 6.45) is -2.16. The first-order valence-corrected chi connectivity index (χ1v) is 17.7. The zero-order valence-electron chi connectivity index (χ0n) is 27.3. The number of halogens is 1. The van der Waals surface area contributed by atoms with Crippen LogP contribution in [0.25, 0.3) is 0 Å². The summed E-state index contributed by atoms with van der Waals surface area (Å²) in [5.74, 6) is 0.816. The Kier molecular flexibility index (Phi) is 10.9. The molecule has 0 spiro atoms. The summed E-state index contributed by atoms with van der Waals surface area (Å²) < 4.78 is 76.0. The Bertz CT molecular complexity index is 1710. The highest BCUT2D eigenvalue weighted by Crippen LogP contribution is 2.35. The Morgan fingerprint density at radius 1 is 1.02 bits per heavy atom. The van der Waals surface area contributed by atoms with Crippen LogP contribution in [0, 0.1) is 17.7 Å². The molecule has 6 rings (SSSR count). The molecule has 0 saturated carbocycles. The zero-order valence-corrected chi connectivity index (χ0v) is 28.1. The molecule has 3 aromatic rings. The average Bonchev–Trinajstić information content (AvgIpc) is 3.82. The molecule has 3 unspecified atom stereocenters. The Morgan fingerprint density at radius 2 is 1.82 bits per heavy atom. The van der Waals surface area contributed by atoms with Gasteiger partial charge in [-0.3, -0.25) is 0 Å². The molecule has 3 aromatic carbocycles. The van der Waals surface area contributed by atoms with Crippen LogP contribution in [0.5, 0.6) is 17.2 Å². The quantitative estimate of drug-likeness (QED) is 0.251. The van der Waals surface area contributed by atoms with E-state index in [2.05, 4.69) is 5.32 Å². The van der Waals surface area contributed by atoms with Gasteiger partial charge in [0.25, 0.3) is 0 Å². The minimum atomic E-state index is -4.09. The molecule has 3 heterocycles. The van der Waals surface area contributed by atoms with Gasteiger partial charge in [0.05, 0.1) is 36.2 Å². The predicted octanol–water partition coefficient (Wildman–Crippen LogP) is 4.24. The van der Waals surface area contributed by atoms with Crippen LogP contribution in [-0.4, -0.2) is 81.6 Å². The summed E-state index contributed by atoms with van der Waals surface area (Å²) in [4.78, 5) is 13.2. The number of benzene rings is 3. The number of carbonyl (C=O) groups is 1. The van der Waals surface area contributed by atoms with Crippen LogP contribution in [0.15, 0.2) is 71.6 Å². The lowest BCUT2D eigenvalue weighted by molar-refractivity contribution is -0.0907. The van der Waals surface area contributed by atoms with Crippen molar-refractivity contribution in [3.63, 3.8) is 0 Å². The number of hydrogen-bond donors (Lipinski definition) is 2. The van der Waals surface area contributed by atoms with Gasteiger partial charge in [0.15, 0.2) is 17.8 Å². The summed E-state index contributed by atoms with van der Waals surface area (Å²) in [5, 5.41) is 14.4. The third kappa shape index (κ3) is 8.62. The number of fused-ring (bicyclic) bond motifs is 2. The molecular weight excluding hydrogens is 659 g/mol. The van der Waals surface area contributed by atoms with Gasteiger partial charge in [0.2, 0.25) is 16.8 Å². The van der Waals surface area contributed by atoms with Crippen LogP contribution in [0.3, 0.4) is 0 Å². The maximum Gasteiger partial charge on any atom is 0.407 e. The van der Waals surface area contributed by atoms with Crippen LogP contribution in [0.1, 0.15) is 31.4 Å². The molecule has 0 bridgehead atoms. The summed E-state index contributed by atoms with van der Waals surface area (Å²) in [6, 6.07) is 16.6. The number of alkyl carbamates (subject to hydrolysis) is 1. The van der Waals surface area contributed by atoms with Crippen LogP contribution in [0.2, 0.25) is 0 Å². The zero-order chi connectivity index (χ0) is 34.5. The number of nitrogens with one attached hydrogen (secondary N) is 1. The number of rotatable bonds is 14. The summed E-state index contributed by atoms with van der Waals surface area (Å²) in [7, 11) is -4.09. The van der Waals surface area contributed by atoms with Crippen LogP contribution < -0.4 is 19.5 Å². The topological polar surface area (TPSA) is 142 Å². The van der Waals surface area contributed by atoms with Crippen LogP contribution in [0.4, 0.5) is 9.18 Å². The van der Waals surface area contributed by atoms with E-state index in [0.29, 0.717) is 35.8 Å². The monoisotopic (exact) mass is 700 g/mol. The smallest absolute Gasteiger partial charge is 0.407 e. The standard InChI is InChI=1S/C35H41FN2O10S/c1-22(2)17-38(49(41,42)27-10-11-31-32(16-27)47-21-46-31)18-30(39)29(37-35(40)48-33-20-45-34-28(33)12-13-43-34)15-23-6-8-26(9-7-23)44-19-24-4-3-5-25(36)14-24/h3-11,14,16,22,28-30,33-34,39H,12-13,15,17-21H2,1-2H3,(H,37,40)/t28?,29-,30+,33?,34?/m0/s1. The number of nitrogens with zero attached hydrogens (tertiary/aromatic N) is 1. The van der Waals surface area contributed by atoms with E-state index in [-0.39, 0.29) is 62.1 Å². The first kappa shape index (κ1) is 34.9. The van der Waals surface area contributed by atoms with Crippen molar-refractivity contribution in [3.05, 3.63) is 83.7 Å². The largest absolute Gasteiger partial charge is 0.489 e. The van der Waals surface area contributed by atoms with Crippen LogP contribution in [-0.2, 0) is 37.3 Å². The van der Waals surface area contributed by atoms with E-state index in [0.717, 1.165) is 5.56 Å². The molecule has 14 heteroatoms. The third-order valence-corrected chi connectivity index (χ3v) is 10.5. The number of carbonyl (C=O) groups excluding carboxylic acids is 1. The fraction of sp³-hybridized carbons (Fsp3) is 0.457. The van der Waals surface area contributed by atoms with Gasteiger partial charge in [0, 0.05) is 19.2 Å². The first-order chi connectivity index (χ1) is 23.5. The fourth-order valence-electron chi connectivity index (χ4n) is 6.12. The highest BCUT2D eigenvalue weighted by atomic mass is 32.2. The highest BCUT2D eigenvalue weighted by molar-refractivity contribution is 7.89. The average molecular weight is 701 g/mol. The van der Waals surface area contributed by atoms with Gasteiger partial charge in [-0.1, -0.05) is 38.1 Å². The molecule has 0 aliphatic carbocycles. The second-order valence-electron chi connectivity index (χ2n) is 12.8. The summed E-state index contributed by atoms with van der Waals surface area (Å²) in [6.45, 7) is 4.45. The van der Waals surface area contributed by atoms with E-state index >= 15 is 0 Å². The van der Waals surface area contributed by atoms with E-state index in [9.17, 15) is 22.7 Å². The predicted molar refractivity (Wildman–Crippen MR) is 174 cm³/mol. The second-order valence-corrected chi connectivity index (χ2v) is 14.7. The van der Waals surface area contributed by atoms with Crippen molar-refractivity contribution in [1.82, 2.24) is 9.62 Å². The fourth-order valence-corrected chi connectivity index (χ4v) is 7.76. The molecule has 3 aliphatic rings. The number of aliphatic hydroxyl groups excluding tert-OH is 1. The molecule has 3 aliphatic heterocycles. The van der Waals surface area contributed by atoms with Crippen molar-refractivity contribution in [2.24, 2.45) is 11.8 Å². The molecule has 0 aromatic heterocycles. The Hall–Kier alpha value is -3.95. The van der Waals surface area contributed by atoms with Crippen molar-refractivity contribution in [2.45, 2.75) is 62.7 Å². The van der Waals surface area contributed by atoms with Crippen molar-refractivity contribution >= 4 is 16.1 Å². The van der Waals surface area contributed by atoms with E-state index < -0.39 is 40.7 Å². The Morgan fingerprint density at radius 3 is 2.59 bits per heavy atom. The van der Waals surface area contributed by atoms with Gasteiger partial charge in [-0.2, -0.15) is 4.31 Å². The van der Waals surface area contributed by atoms with Gasteiger partial charge in [-0.15, -0.1) is 0 Å². The first-order valence-electron chi connectivity index (χ1n) is 16.3. The molecule has 1 amide bonds. The number of ether oxygens (including phenoxy) is 6. The van der Waals surface area contributed by atoms with E-state index in [1.807, 2.05) is 13.8 Å². The van der Waals surface area contributed by atoms with Crippen molar-refractivity contribution < 1.29 is 51.1 Å². The molecule has 2 N–H and O–H groups in total. The van der Waals surface area contributed by atoms with Gasteiger partial charge in [-0.05, 0) is 66.3 Å². The van der Waals surface area contributed by atoms with E-state index in [1.54, 1.807) is 36.4 Å². The lowest BCUT2D eigenvalue weighted by Gasteiger charge is -2.31. The van der Waals surface area contributed by atoms with E-state index in [1.165, 1.54) is 34.6 Å². The molecule has 0 radical (unpaired) electrons. The normalized spacial score (nSPS) is 21.1. The lowest BCUT2D eigenvalue weighted by atomic mass is 10.0. The highest BCUT2D eigenvalue weighted by Gasteiger charge is 2.44. The van der Waals surface area contributed by atoms with Gasteiger partial charge < -0.3 is 38.8 Å². The Balaban J connectivity index is 1.18. The number of sulfonamides is 1. The van der Waals surface area contributed by atoms with Crippen molar-refractivity contribution in [3.8, 4) is 17.2 Å². The lowest BCUT2D eigenvalue weighted by Crippen LogP contribution is -2.51. The molecule has 12 nitrogen and oxygen atoms in total. The third-order valence-electron chi connectivity index (χ3n) is 8.63. The minimum absolute atomic E-state index is 0.00176. The molecular formula is C35H41FN2O10S. The SMILES string of the molecule is CC(C)CN(C[C@@H](O)[C@H](Cc1ccc(OCc2cccc(F)c2)cc1)NC(=O)OC1COC2OCCC12)S(=O)(=O)c1ccc2c(c1)OCO2. The molecule has 2 fully saturated rings. The summed E-state index contributed by atoms with van der Waals surface area (Å²) >= 11 is 0. The number of hydrogen-bond acceptors (Lipinski definition) is 10. The van der Waals surface area contributed by atoms with Gasteiger partial charge in [-0.25, -0.2) is 17.6 Å². The molecule has 2 saturated heterocycles. The van der Waals surface area contributed by atoms with Gasteiger partial charge in [0.1, 0.15) is 24.3 Å². The van der Waals surface area contributed by atoms with Gasteiger partial charge >= 0.3 is 6.09 Å². The maximum atomic E-state index is 13.9. The van der Waals surface area contributed by atoms with Crippen molar-refractivity contribution in [2.75, 3.05) is 33.1 Å². The molecule has 264 valence electrons. The minimum Gasteiger partial charge on any atom is -0.489 e. The maximum absolute atomic E-state index is 13.9. The molecule has 5 atom stereocenters. The number of aliphatic hydroxyl groups is 1. The van der Waals surface area contributed by atoms with Crippen LogP contribution >= 0.6 is 0 Å². The summed E-state index contributed by atoms with van der Waals surface area (Å²) in [5.41, 5.74) is 1.42. The number of amides is 1. The second kappa shape index (κ2) is 15.3. The van der Waals surface area contributed by atoms with Crippen molar-refractivity contribution in [1.29, 1.82) is 0 Å².